The van der Waals surface area contributed by atoms with E-state index in [1.165, 1.54) is 34.2 Å². The molecule has 0 spiro atoms. The van der Waals surface area contributed by atoms with Gasteiger partial charge in [-0.3, -0.25) is 0 Å². The third-order valence-corrected chi connectivity index (χ3v) is 6.80. The minimum absolute atomic E-state index is 0.220. The van der Waals surface area contributed by atoms with Gasteiger partial charge in [-0.05, 0) is 32.3 Å². The third kappa shape index (κ3) is 2.47. The van der Waals surface area contributed by atoms with E-state index < -0.39 is 0 Å². The third-order valence-electron chi connectivity index (χ3n) is 3.97. The lowest BCUT2D eigenvalue weighted by Gasteiger charge is -2.25. The van der Waals surface area contributed by atoms with Crippen LogP contribution in [0, 0.1) is 6.92 Å². The summed E-state index contributed by atoms with van der Waals surface area (Å²) in [6, 6.07) is 2.21. The molecule has 3 rings (SSSR count). The number of aliphatic hydroxyl groups is 1. The number of hydrogen-bond donors (Lipinski definition) is 1. The molecule has 1 N–H and O–H groups in total. The Morgan fingerprint density at radius 3 is 3.11 bits per heavy atom. The van der Waals surface area contributed by atoms with Gasteiger partial charge < -0.3 is 9.67 Å². The van der Waals surface area contributed by atoms with Crippen molar-refractivity contribution in [2.75, 3.05) is 17.3 Å². The first-order valence-corrected chi connectivity index (χ1v) is 9.02. The molecule has 0 saturated carbocycles. The van der Waals surface area contributed by atoms with E-state index in [0.717, 1.165) is 31.1 Å². The van der Waals surface area contributed by atoms with E-state index in [9.17, 15) is 5.11 Å². The summed E-state index contributed by atoms with van der Waals surface area (Å²) in [4.78, 5) is 0. The van der Waals surface area contributed by atoms with E-state index in [2.05, 4.69) is 41.1 Å². The molecule has 4 heteroatoms. The normalized spacial score (nSPS) is 28.1. The summed E-state index contributed by atoms with van der Waals surface area (Å²) in [6.07, 6.45) is 2.99. The van der Waals surface area contributed by atoms with Crippen molar-refractivity contribution in [1.82, 2.24) is 4.57 Å². The van der Waals surface area contributed by atoms with Crippen molar-refractivity contribution in [3.05, 3.63) is 23.0 Å². The molecular weight excluding hydrogens is 262 g/mol. The topological polar surface area (TPSA) is 25.2 Å². The van der Waals surface area contributed by atoms with Gasteiger partial charge in [0.05, 0.1) is 6.10 Å². The molecule has 1 aliphatic carbocycles. The van der Waals surface area contributed by atoms with Gasteiger partial charge in [0.1, 0.15) is 0 Å². The Kier molecular flexibility index (Phi) is 3.97. The molecule has 0 amide bonds. The zero-order chi connectivity index (χ0) is 12.5. The molecule has 2 aliphatic rings. The molecule has 2 atom stereocenters. The summed E-state index contributed by atoms with van der Waals surface area (Å²) in [6.45, 7) is 3.32. The highest BCUT2D eigenvalue weighted by Crippen LogP contribution is 2.34. The first kappa shape index (κ1) is 12.9. The molecule has 18 heavy (non-hydrogen) atoms. The monoisotopic (exact) mass is 283 g/mol. The van der Waals surface area contributed by atoms with E-state index in [0.29, 0.717) is 0 Å². The number of thioether (sulfide) groups is 2. The summed E-state index contributed by atoms with van der Waals surface area (Å²) in [7, 11) is 0. The second-order valence-electron chi connectivity index (χ2n) is 5.27. The number of nitrogens with zero attached hydrogens (tertiary/aromatic N) is 1. The maximum Gasteiger partial charge on any atom is 0.0807 e. The minimum Gasteiger partial charge on any atom is -0.388 e. The largest absolute Gasteiger partial charge is 0.388 e. The maximum atomic E-state index is 10.1. The van der Waals surface area contributed by atoms with Crippen LogP contribution >= 0.6 is 23.5 Å². The van der Waals surface area contributed by atoms with Crippen molar-refractivity contribution in [2.45, 2.75) is 44.1 Å². The molecule has 1 aromatic rings. The van der Waals surface area contributed by atoms with Crippen LogP contribution in [0.5, 0.6) is 0 Å². The second kappa shape index (κ2) is 5.51. The fourth-order valence-electron chi connectivity index (χ4n) is 3.04. The summed E-state index contributed by atoms with van der Waals surface area (Å²) in [5.74, 6) is 3.88. The van der Waals surface area contributed by atoms with Gasteiger partial charge in [-0.15, -0.1) is 0 Å². The van der Waals surface area contributed by atoms with Gasteiger partial charge in [0.25, 0.3) is 0 Å². The van der Waals surface area contributed by atoms with Crippen molar-refractivity contribution >= 4 is 23.5 Å². The van der Waals surface area contributed by atoms with E-state index in [1.54, 1.807) is 0 Å². The van der Waals surface area contributed by atoms with Crippen LogP contribution in [0.15, 0.2) is 6.07 Å². The fraction of sp³-hybridized carbons (Fsp3) is 0.714. The molecule has 1 aromatic heterocycles. The first-order chi connectivity index (χ1) is 8.75. The summed E-state index contributed by atoms with van der Waals surface area (Å²) >= 11 is 4.20. The van der Waals surface area contributed by atoms with E-state index in [-0.39, 0.29) is 6.10 Å². The molecule has 1 saturated heterocycles. The Morgan fingerprint density at radius 2 is 2.33 bits per heavy atom. The quantitative estimate of drug-likeness (QED) is 0.903. The smallest absolute Gasteiger partial charge is 0.0807 e. The Labute approximate surface area is 118 Å². The highest BCUT2D eigenvalue weighted by molar-refractivity contribution is 8.06. The average molecular weight is 283 g/mol. The van der Waals surface area contributed by atoms with Gasteiger partial charge in [0.15, 0.2) is 0 Å². The van der Waals surface area contributed by atoms with Gasteiger partial charge in [-0.2, -0.15) is 23.5 Å². The van der Waals surface area contributed by atoms with Crippen LogP contribution in [0.4, 0.5) is 0 Å². The second-order valence-corrected chi connectivity index (χ2v) is 7.83. The summed E-state index contributed by atoms with van der Waals surface area (Å²) < 4.78 is 2.47. The van der Waals surface area contributed by atoms with Crippen LogP contribution in [-0.4, -0.2) is 32.2 Å². The van der Waals surface area contributed by atoms with Gasteiger partial charge in [0, 0.05) is 46.0 Å². The molecular formula is C14H21NOS2. The fourth-order valence-corrected chi connectivity index (χ4v) is 5.69. The highest BCUT2D eigenvalue weighted by atomic mass is 32.2. The Bertz CT molecular complexity index is 424. The van der Waals surface area contributed by atoms with E-state index in [4.69, 9.17) is 0 Å². The van der Waals surface area contributed by atoms with Crippen molar-refractivity contribution in [1.29, 1.82) is 0 Å². The molecule has 0 radical (unpaired) electrons. The van der Waals surface area contributed by atoms with Gasteiger partial charge in [0.2, 0.25) is 0 Å². The Balaban J connectivity index is 1.82. The maximum absolute atomic E-state index is 10.1. The Morgan fingerprint density at radius 1 is 1.44 bits per heavy atom. The van der Waals surface area contributed by atoms with Crippen LogP contribution in [0.2, 0.25) is 0 Å². The van der Waals surface area contributed by atoms with Gasteiger partial charge in [-0.25, -0.2) is 0 Å². The number of fused-ring (bicyclic) bond motifs is 1. The highest BCUT2D eigenvalue weighted by Gasteiger charge is 2.24. The van der Waals surface area contributed by atoms with Crippen LogP contribution in [0.25, 0.3) is 0 Å². The van der Waals surface area contributed by atoms with Crippen molar-refractivity contribution in [3.8, 4) is 0 Å². The zero-order valence-electron chi connectivity index (χ0n) is 10.9. The molecule has 2 heterocycles. The minimum atomic E-state index is -0.220. The van der Waals surface area contributed by atoms with Crippen molar-refractivity contribution < 1.29 is 5.11 Å². The number of aromatic nitrogens is 1. The van der Waals surface area contributed by atoms with Crippen molar-refractivity contribution in [3.63, 3.8) is 0 Å². The molecule has 100 valence electrons. The number of aryl methyl sites for hydroxylation is 1. The van der Waals surface area contributed by atoms with Crippen LogP contribution in [-0.2, 0) is 13.0 Å². The predicted molar refractivity (Wildman–Crippen MR) is 80.6 cm³/mol. The van der Waals surface area contributed by atoms with Crippen LogP contribution in [0.3, 0.4) is 0 Å². The number of rotatable bonds is 2. The standard InChI is InChI=1S/C14H21NOS2/c1-10-7-12-13(3-2-4-14(12)16)15(10)8-11-9-17-5-6-18-11/h7,11,14,16H,2-6,8-9H2,1H3. The first-order valence-electron chi connectivity index (χ1n) is 6.82. The lowest BCUT2D eigenvalue weighted by atomic mass is 9.95. The molecule has 1 aliphatic heterocycles. The molecule has 2 unspecified atom stereocenters. The van der Waals surface area contributed by atoms with Crippen LogP contribution in [0.1, 0.15) is 35.9 Å². The predicted octanol–water partition coefficient (Wildman–Crippen LogP) is 3.01. The number of aliphatic hydroxyl groups excluding tert-OH is 1. The van der Waals surface area contributed by atoms with Crippen LogP contribution < -0.4 is 0 Å². The molecule has 2 nitrogen and oxygen atoms in total. The molecule has 0 aromatic carbocycles. The lowest BCUT2D eigenvalue weighted by Crippen LogP contribution is -2.23. The van der Waals surface area contributed by atoms with Crippen molar-refractivity contribution in [2.24, 2.45) is 0 Å². The van der Waals surface area contributed by atoms with E-state index in [1.807, 2.05) is 0 Å². The Hall–Kier alpha value is -0.0600. The zero-order valence-corrected chi connectivity index (χ0v) is 12.5. The number of hydrogen-bond acceptors (Lipinski definition) is 3. The van der Waals surface area contributed by atoms with E-state index >= 15 is 0 Å². The van der Waals surface area contributed by atoms with Gasteiger partial charge in [-0.1, -0.05) is 0 Å². The molecule has 0 bridgehead atoms. The summed E-state index contributed by atoms with van der Waals surface area (Å²) in [5, 5.41) is 10.8. The SMILES string of the molecule is Cc1cc2c(n1CC1CSCCS1)CCCC2O. The summed E-state index contributed by atoms with van der Waals surface area (Å²) in [5.41, 5.74) is 3.94. The van der Waals surface area contributed by atoms with Gasteiger partial charge >= 0.3 is 0 Å². The molecule has 1 fully saturated rings. The lowest BCUT2D eigenvalue weighted by molar-refractivity contribution is 0.155. The average Bonchev–Trinajstić information content (AvgIpc) is 2.70.